The zero-order valence-corrected chi connectivity index (χ0v) is 13.9. The van der Waals surface area contributed by atoms with Gasteiger partial charge in [0.05, 0.1) is 13.7 Å². The summed E-state index contributed by atoms with van der Waals surface area (Å²) in [6.45, 7) is 4.40. The molecule has 0 amide bonds. The Kier molecular flexibility index (Phi) is 3.82. The van der Waals surface area contributed by atoms with Crippen molar-refractivity contribution in [2.45, 2.75) is 19.9 Å². The molecule has 0 radical (unpaired) electrons. The topological polar surface area (TPSA) is 67.2 Å². The van der Waals surface area contributed by atoms with Crippen molar-refractivity contribution in [3.8, 4) is 5.75 Å². The molecule has 4 rings (SSSR count). The van der Waals surface area contributed by atoms with Gasteiger partial charge in [0.1, 0.15) is 5.75 Å². The van der Waals surface area contributed by atoms with Crippen molar-refractivity contribution in [3.63, 3.8) is 0 Å². The van der Waals surface area contributed by atoms with E-state index < -0.39 is 0 Å². The van der Waals surface area contributed by atoms with Crippen molar-refractivity contribution in [2.24, 2.45) is 0 Å². The highest BCUT2D eigenvalue weighted by Gasteiger charge is 2.17. The number of hydrogen-bond acceptors (Lipinski definition) is 5. The lowest BCUT2D eigenvalue weighted by molar-refractivity contribution is 0.245. The number of aromatic amines is 1. The van der Waals surface area contributed by atoms with E-state index in [-0.39, 0.29) is 0 Å². The summed E-state index contributed by atoms with van der Waals surface area (Å²) in [5.41, 5.74) is 3.76. The van der Waals surface area contributed by atoms with Crippen molar-refractivity contribution in [1.82, 2.24) is 20.0 Å². The minimum atomic E-state index is 0.682. The van der Waals surface area contributed by atoms with E-state index in [2.05, 4.69) is 44.4 Å². The van der Waals surface area contributed by atoms with Crippen LogP contribution in [-0.4, -0.2) is 40.2 Å². The number of benzene rings is 1. The largest absolute Gasteiger partial charge is 0.497 e. The maximum absolute atomic E-state index is 5.35. The first kappa shape index (κ1) is 15.0. The SMILES string of the molecule is COc1ccc2[nH]cc(C3=CCN(Cc4nc(C)no4)CC3)c2c1. The number of rotatable bonds is 4. The van der Waals surface area contributed by atoms with Crippen molar-refractivity contribution < 1.29 is 9.26 Å². The molecule has 2 aromatic heterocycles. The summed E-state index contributed by atoms with van der Waals surface area (Å²) in [4.78, 5) is 9.93. The summed E-state index contributed by atoms with van der Waals surface area (Å²) in [5, 5.41) is 5.05. The van der Waals surface area contributed by atoms with Gasteiger partial charge in [0.15, 0.2) is 5.82 Å². The smallest absolute Gasteiger partial charge is 0.240 e. The third-order valence-corrected chi connectivity index (χ3v) is 4.46. The van der Waals surface area contributed by atoms with Gasteiger partial charge in [-0.3, -0.25) is 4.90 Å². The molecule has 0 spiro atoms. The molecular weight excluding hydrogens is 304 g/mol. The molecule has 0 unspecified atom stereocenters. The van der Waals surface area contributed by atoms with Gasteiger partial charge in [-0.15, -0.1) is 0 Å². The van der Waals surface area contributed by atoms with Crippen molar-refractivity contribution in [1.29, 1.82) is 0 Å². The Morgan fingerprint density at radius 3 is 3.00 bits per heavy atom. The zero-order chi connectivity index (χ0) is 16.5. The van der Waals surface area contributed by atoms with Crippen LogP contribution in [0.15, 0.2) is 35.0 Å². The summed E-state index contributed by atoms with van der Waals surface area (Å²) in [6.07, 6.45) is 5.37. The lowest BCUT2D eigenvalue weighted by Gasteiger charge is -2.24. The number of nitrogens with zero attached hydrogens (tertiary/aromatic N) is 3. The minimum absolute atomic E-state index is 0.682. The average molecular weight is 324 g/mol. The molecule has 3 aromatic rings. The van der Waals surface area contributed by atoms with Crippen molar-refractivity contribution in [3.05, 3.63) is 47.8 Å². The molecule has 0 atom stereocenters. The number of hydrogen-bond donors (Lipinski definition) is 1. The van der Waals surface area contributed by atoms with Gasteiger partial charge in [-0.2, -0.15) is 4.98 Å². The third-order valence-electron chi connectivity index (χ3n) is 4.46. The van der Waals surface area contributed by atoms with Crippen LogP contribution in [0.1, 0.15) is 23.7 Å². The van der Waals surface area contributed by atoms with Gasteiger partial charge in [-0.25, -0.2) is 0 Å². The fraction of sp³-hybridized carbons (Fsp3) is 0.333. The van der Waals surface area contributed by atoms with E-state index in [1.807, 2.05) is 13.0 Å². The van der Waals surface area contributed by atoms with Gasteiger partial charge in [0, 0.05) is 35.8 Å². The molecule has 6 nitrogen and oxygen atoms in total. The fourth-order valence-electron chi connectivity index (χ4n) is 3.19. The molecule has 0 aliphatic carbocycles. The highest BCUT2D eigenvalue weighted by atomic mass is 16.5. The third kappa shape index (κ3) is 2.80. The molecule has 1 N–H and O–H groups in total. The molecule has 1 aromatic carbocycles. The Bertz CT molecular complexity index is 893. The van der Waals surface area contributed by atoms with Crippen LogP contribution in [0.4, 0.5) is 0 Å². The standard InChI is InChI=1S/C18H20N4O2/c1-12-20-18(24-21-12)11-22-7-5-13(6-8-22)16-10-19-17-4-3-14(23-2)9-15(16)17/h3-5,9-10,19H,6-8,11H2,1-2H3. The molecule has 0 saturated carbocycles. The lowest BCUT2D eigenvalue weighted by Crippen LogP contribution is -2.28. The second kappa shape index (κ2) is 6.13. The van der Waals surface area contributed by atoms with Crippen LogP contribution < -0.4 is 4.74 Å². The Morgan fingerprint density at radius 1 is 1.38 bits per heavy atom. The van der Waals surface area contributed by atoms with Crippen molar-refractivity contribution in [2.75, 3.05) is 20.2 Å². The second-order valence-corrected chi connectivity index (χ2v) is 6.06. The van der Waals surface area contributed by atoms with E-state index in [9.17, 15) is 0 Å². The van der Waals surface area contributed by atoms with Crippen LogP contribution in [0.5, 0.6) is 5.75 Å². The number of fused-ring (bicyclic) bond motifs is 1. The molecule has 1 aliphatic rings. The molecule has 1 aliphatic heterocycles. The van der Waals surface area contributed by atoms with E-state index in [1.165, 1.54) is 16.5 Å². The predicted octanol–water partition coefficient (Wildman–Crippen LogP) is 3.16. The Labute approximate surface area is 140 Å². The van der Waals surface area contributed by atoms with Crippen LogP contribution >= 0.6 is 0 Å². The second-order valence-electron chi connectivity index (χ2n) is 6.06. The average Bonchev–Trinajstić information content (AvgIpc) is 3.21. The molecule has 0 saturated heterocycles. The first-order valence-electron chi connectivity index (χ1n) is 8.09. The monoisotopic (exact) mass is 324 g/mol. The van der Waals surface area contributed by atoms with Crippen LogP contribution in [0.3, 0.4) is 0 Å². The number of aryl methyl sites for hydroxylation is 1. The molecule has 6 heteroatoms. The fourth-order valence-corrected chi connectivity index (χ4v) is 3.19. The zero-order valence-electron chi connectivity index (χ0n) is 13.9. The van der Waals surface area contributed by atoms with E-state index in [1.54, 1.807) is 7.11 Å². The molecule has 0 bridgehead atoms. The lowest BCUT2D eigenvalue weighted by atomic mass is 9.99. The van der Waals surface area contributed by atoms with Gasteiger partial charge in [0.25, 0.3) is 0 Å². The normalized spacial score (nSPS) is 15.7. The number of ether oxygens (including phenoxy) is 1. The van der Waals surface area contributed by atoms with Gasteiger partial charge < -0.3 is 14.2 Å². The summed E-state index contributed by atoms with van der Waals surface area (Å²) >= 11 is 0. The van der Waals surface area contributed by atoms with E-state index in [4.69, 9.17) is 9.26 Å². The molecule has 0 fully saturated rings. The van der Waals surface area contributed by atoms with Gasteiger partial charge in [-0.1, -0.05) is 11.2 Å². The first-order valence-corrected chi connectivity index (χ1v) is 8.09. The summed E-state index contributed by atoms with van der Waals surface area (Å²) in [6, 6.07) is 6.13. The number of aromatic nitrogens is 3. The summed E-state index contributed by atoms with van der Waals surface area (Å²) in [5.74, 6) is 2.25. The maximum atomic E-state index is 5.35. The van der Waals surface area contributed by atoms with Crippen LogP contribution in [0.2, 0.25) is 0 Å². The number of nitrogens with one attached hydrogen (secondary N) is 1. The van der Waals surface area contributed by atoms with E-state index >= 15 is 0 Å². The molecule has 124 valence electrons. The van der Waals surface area contributed by atoms with E-state index in [0.29, 0.717) is 18.3 Å². The predicted molar refractivity (Wildman–Crippen MR) is 91.8 cm³/mol. The van der Waals surface area contributed by atoms with Gasteiger partial charge in [-0.05, 0) is 37.1 Å². The van der Waals surface area contributed by atoms with Crippen LogP contribution in [-0.2, 0) is 6.54 Å². The van der Waals surface area contributed by atoms with Gasteiger partial charge >= 0.3 is 0 Å². The molecule has 3 heterocycles. The maximum Gasteiger partial charge on any atom is 0.240 e. The van der Waals surface area contributed by atoms with E-state index in [0.717, 1.165) is 30.8 Å². The Balaban J connectivity index is 1.53. The quantitative estimate of drug-likeness (QED) is 0.798. The van der Waals surface area contributed by atoms with Gasteiger partial charge in [0.2, 0.25) is 5.89 Å². The number of H-pyrrole nitrogens is 1. The minimum Gasteiger partial charge on any atom is -0.497 e. The Morgan fingerprint density at radius 2 is 2.29 bits per heavy atom. The Hall–Kier alpha value is -2.60. The van der Waals surface area contributed by atoms with Crippen molar-refractivity contribution >= 4 is 16.5 Å². The summed E-state index contributed by atoms with van der Waals surface area (Å²) in [7, 11) is 1.70. The number of methoxy groups -OCH3 is 1. The molecule has 24 heavy (non-hydrogen) atoms. The highest BCUT2D eigenvalue weighted by Crippen LogP contribution is 2.31. The molecular formula is C18H20N4O2. The first-order chi connectivity index (χ1) is 11.7. The van der Waals surface area contributed by atoms with Crippen LogP contribution in [0, 0.1) is 6.92 Å². The highest BCUT2D eigenvalue weighted by molar-refractivity contribution is 5.93. The summed E-state index contributed by atoms with van der Waals surface area (Å²) < 4.78 is 10.6. The van der Waals surface area contributed by atoms with Crippen LogP contribution in [0.25, 0.3) is 16.5 Å².